The van der Waals surface area contributed by atoms with Gasteiger partial charge in [0.15, 0.2) is 0 Å². The molecule has 0 amide bonds. The third-order valence-electron chi connectivity index (χ3n) is 3.12. The first-order valence-corrected chi connectivity index (χ1v) is 8.67. The van der Waals surface area contributed by atoms with E-state index in [1.807, 2.05) is 20.8 Å². The van der Waals surface area contributed by atoms with Gasteiger partial charge in [0.1, 0.15) is 0 Å². The molecular weight excluding hydrogens is 290 g/mol. The SMILES string of the molecule is Cc1ccc(S(=O)(=O)NCCCCOC(C)C)cc1CO. The number of ether oxygens (including phenoxy) is 1. The van der Waals surface area contributed by atoms with E-state index in [-0.39, 0.29) is 17.6 Å². The Kier molecular flexibility index (Phi) is 7.31. The molecule has 0 saturated heterocycles. The first-order valence-electron chi connectivity index (χ1n) is 7.18. The maximum absolute atomic E-state index is 12.1. The molecule has 0 aliphatic heterocycles. The number of aliphatic hydroxyl groups excluding tert-OH is 1. The van der Waals surface area contributed by atoms with E-state index in [0.29, 0.717) is 18.7 Å². The number of hydrogen-bond donors (Lipinski definition) is 2. The number of hydrogen-bond acceptors (Lipinski definition) is 4. The van der Waals surface area contributed by atoms with Crippen LogP contribution in [0.4, 0.5) is 0 Å². The summed E-state index contributed by atoms with van der Waals surface area (Å²) in [6.45, 7) is 6.63. The molecule has 0 unspecified atom stereocenters. The maximum atomic E-state index is 12.1. The lowest BCUT2D eigenvalue weighted by Gasteiger charge is -2.10. The van der Waals surface area contributed by atoms with Crippen molar-refractivity contribution in [3.05, 3.63) is 29.3 Å². The summed E-state index contributed by atoms with van der Waals surface area (Å²) in [6.07, 6.45) is 1.74. The number of nitrogens with one attached hydrogen (secondary N) is 1. The van der Waals surface area contributed by atoms with Crippen LogP contribution < -0.4 is 4.72 Å². The Balaban J connectivity index is 2.50. The van der Waals surface area contributed by atoms with Gasteiger partial charge in [0.05, 0.1) is 17.6 Å². The normalized spacial score (nSPS) is 12.0. The molecule has 0 aromatic heterocycles. The molecule has 1 aromatic rings. The van der Waals surface area contributed by atoms with Crippen LogP contribution in [-0.2, 0) is 21.4 Å². The fraction of sp³-hybridized carbons (Fsp3) is 0.600. The lowest BCUT2D eigenvalue weighted by molar-refractivity contribution is 0.0762. The first-order chi connectivity index (χ1) is 9.86. The summed E-state index contributed by atoms with van der Waals surface area (Å²) in [5.74, 6) is 0. The van der Waals surface area contributed by atoms with Crippen molar-refractivity contribution >= 4 is 10.0 Å². The highest BCUT2D eigenvalue weighted by atomic mass is 32.2. The minimum Gasteiger partial charge on any atom is -0.392 e. The minimum atomic E-state index is -3.52. The van der Waals surface area contributed by atoms with Gasteiger partial charge < -0.3 is 9.84 Å². The number of sulfonamides is 1. The van der Waals surface area contributed by atoms with E-state index in [0.717, 1.165) is 18.4 Å². The van der Waals surface area contributed by atoms with Crippen molar-refractivity contribution in [3.63, 3.8) is 0 Å². The maximum Gasteiger partial charge on any atom is 0.240 e. The number of aryl methyl sites for hydroxylation is 1. The molecule has 1 aromatic carbocycles. The summed E-state index contributed by atoms with van der Waals surface area (Å²) in [6, 6.07) is 4.77. The van der Waals surface area contributed by atoms with Crippen LogP contribution in [0.3, 0.4) is 0 Å². The fourth-order valence-electron chi connectivity index (χ4n) is 1.82. The highest BCUT2D eigenvalue weighted by Crippen LogP contribution is 2.15. The molecule has 0 fully saturated rings. The van der Waals surface area contributed by atoms with E-state index < -0.39 is 10.0 Å². The van der Waals surface area contributed by atoms with Crippen LogP contribution in [0.15, 0.2) is 23.1 Å². The van der Waals surface area contributed by atoms with E-state index in [9.17, 15) is 13.5 Å². The third-order valence-corrected chi connectivity index (χ3v) is 4.57. The standard InChI is InChI=1S/C15H25NO4S/c1-12(2)20-9-5-4-8-16-21(18,19)15-7-6-13(3)14(10-15)11-17/h6-7,10,12,16-17H,4-5,8-9,11H2,1-3H3. The molecule has 0 saturated carbocycles. The first kappa shape index (κ1) is 18.1. The van der Waals surface area contributed by atoms with Crippen LogP contribution in [-0.4, -0.2) is 32.8 Å². The zero-order valence-corrected chi connectivity index (χ0v) is 13.7. The lowest BCUT2D eigenvalue weighted by atomic mass is 10.1. The Bertz CT molecular complexity index is 541. The lowest BCUT2D eigenvalue weighted by Crippen LogP contribution is -2.25. The summed E-state index contributed by atoms with van der Waals surface area (Å²) in [5, 5.41) is 9.20. The Labute approximate surface area is 127 Å². The van der Waals surface area contributed by atoms with Crippen molar-refractivity contribution in [3.8, 4) is 0 Å². The predicted molar refractivity (Wildman–Crippen MR) is 82.6 cm³/mol. The summed E-state index contributed by atoms with van der Waals surface area (Å²) >= 11 is 0. The number of unbranched alkanes of at least 4 members (excludes halogenated alkanes) is 1. The van der Waals surface area contributed by atoms with Gasteiger partial charge in [-0.15, -0.1) is 0 Å². The molecule has 21 heavy (non-hydrogen) atoms. The molecule has 0 atom stereocenters. The smallest absolute Gasteiger partial charge is 0.240 e. The monoisotopic (exact) mass is 315 g/mol. The molecule has 120 valence electrons. The van der Waals surface area contributed by atoms with Gasteiger partial charge in [0.2, 0.25) is 10.0 Å². The van der Waals surface area contributed by atoms with Gasteiger partial charge in [-0.25, -0.2) is 13.1 Å². The van der Waals surface area contributed by atoms with Crippen LogP contribution in [0.1, 0.15) is 37.8 Å². The van der Waals surface area contributed by atoms with Gasteiger partial charge in [0, 0.05) is 13.2 Å². The predicted octanol–water partition coefficient (Wildman–Crippen LogP) is 1.97. The van der Waals surface area contributed by atoms with Crippen molar-refractivity contribution < 1.29 is 18.3 Å². The second-order valence-corrected chi connectivity index (χ2v) is 7.04. The quantitative estimate of drug-likeness (QED) is 0.683. The van der Waals surface area contributed by atoms with E-state index in [4.69, 9.17) is 4.74 Å². The van der Waals surface area contributed by atoms with Crippen molar-refractivity contribution in [1.29, 1.82) is 0 Å². The molecule has 0 radical (unpaired) electrons. The van der Waals surface area contributed by atoms with E-state index >= 15 is 0 Å². The Hall–Kier alpha value is -0.950. The topological polar surface area (TPSA) is 75.6 Å². The molecule has 2 N–H and O–H groups in total. The third kappa shape index (κ3) is 6.13. The average molecular weight is 315 g/mol. The number of rotatable bonds is 9. The Morgan fingerprint density at radius 3 is 2.62 bits per heavy atom. The highest BCUT2D eigenvalue weighted by molar-refractivity contribution is 7.89. The van der Waals surface area contributed by atoms with Crippen LogP contribution >= 0.6 is 0 Å². The molecule has 0 aliphatic carbocycles. The van der Waals surface area contributed by atoms with Crippen LogP contribution in [0, 0.1) is 6.92 Å². The van der Waals surface area contributed by atoms with Crippen LogP contribution in [0.5, 0.6) is 0 Å². The van der Waals surface area contributed by atoms with Crippen molar-refractivity contribution in [1.82, 2.24) is 4.72 Å². The average Bonchev–Trinajstić information content (AvgIpc) is 2.42. The van der Waals surface area contributed by atoms with Crippen molar-refractivity contribution in [2.24, 2.45) is 0 Å². The second-order valence-electron chi connectivity index (χ2n) is 5.27. The molecular formula is C15H25NO4S. The molecule has 0 spiro atoms. The summed E-state index contributed by atoms with van der Waals surface area (Å²) < 4.78 is 32.2. The number of benzene rings is 1. The number of aliphatic hydroxyl groups is 1. The van der Waals surface area contributed by atoms with Crippen LogP contribution in [0.25, 0.3) is 0 Å². The van der Waals surface area contributed by atoms with Gasteiger partial charge in [-0.1, -0.05) is 6.07 Å². The zero-order chi connectivity index (χ0) is 15.9. The Morgan fingerprint density at radius 1 is 1.29 bits per heavy atom. The van der Waals surface area contributed by atoms with E-state index in [1.54, 1.807) is 12.1 Å². The van der Waals surface area contributed by atoms with Crippen LogP contribution in [0.2, 0.25) is 0 Å². The van der Waals surface area contributed by atoms with Gasteiger partial charge in [-0.3, -0.25) is 0 Å². The summed E-state index contributed by atoms with van der Waals surface area (Å²) in [5.41, 5.74) is 1.51. The molecule has 0 bridgehead atoms. The van der Waals surface area contributed by atoms with Gasteiger partial charge in [-0.2, -0.15) is 0 Å². The summed E-state index contributed by atoms with van der Waals surface area (Å²) in [4.78, 5) is 0.190. The Morgan fingerprint density at radius 2 is 2.00 bits per heavy atom. The van der Waals surface area contributed by atoms with Gasteiger partial charge in [-0.05, 0) is 56.9 Å². The highest BCUT2D eigenvalue weighted by Gasteiger charge is 2.14. The second kappa shape index (κ2) is 8.48. The molecule has 5 nitrogen and oxygen atoms in total. The van der Waals surface area contributed by atoms with E-state index in [1.165, 1.54) is 6.07 Å². The minimum absolute atomic E-state index is 0.165. The molecule has 1 rings (SSSR count). The van der Waals surface area contributed by atoms with Crippen molar-refractivity contribution in [2.75, 3.05) is 13.2 Å². The van der Waals surface area contributed by atoms with E-state index in [2.05, 4.69) is 4.72 Å². The largest absolute Gasteiger partial charge is 0.392 e. The van der Waals surface area contributed by atoms with Crippen molar-refractivity contribution in [2.45, 2.75) is 51.2 Å². The van der Waals surface area contributed by atoms with Gasteiger partial charge >= 0.3 is 0 Å². The molecule has 0 heterocycles. The molecule has 6 heteroatoms. The summed E-state index contributed by atoms with van der Waals surface area (Å²) in [7, 11) is -3.52. The fourth-order valence-corrected chi connectivity index (χ4v) is 2.95. The van der Waals surface area contributed by atoms with Gasteiger partial charge in [0.25, 0.3) is 0 Å². The molecule has 0 aliphatic rings. The zero-order valence-electron chi connectivity index (χ0n) is 12.9.